The molecule has 0 radical (unpaired) electrons. The molecule has 1 aliphatic rings. The van der Waals surface area contributed by atoms with Crippen LogP contribution in [0.25, 0.3) is 0 Å². The van der Waals surface area contributed by atoms with E-state index < -0.39 is 0 Å². The largest absolute Gasteiger partial charge is 0.491 e. The fourth-order valence-electron chi connectivity index (χ4n) is 2.58. The molecule has 1 saturated heterocycles. The van der Waals surface area contributed by atoms with Gasteiger partial charge in [0.25, 0.3) is 0 Å². The highest BCUT2D eigenvalue weighted by Crippen LogP contribution is 2.23. The molecule has 0 aliphatic carbocycles. The van der Waals surface area contributed by atoms with Crippen molar-refractivity contribution in [1.29, 1.82) is 0 Å². The maximum atomic E-state index is 6.02. The molecule has 0 amide bonds. The SMILES string of the molecule is CCCOc1ccc(CCCNCC2CCCO2)cc1N. The van der Waals surface area contributed by atoms with Gasteiger partial charge in [0.1, 0.15) is 5.75 Å². The van der Waals surface area contributed by atoms with Crippen LogP contribution in [0, 0.1) is 0 Å². The van der Waals surface area contributed by atoms with Gasteiger partial charge in [0.2, 0.25) is 0 Å². The zero-order valence-electron chi connectivity index (χ0n) is 13.1. The second-order valence-corrected chi connectivity index (χ2v) is 5.66. The highest BCUT2D eigenvalue weighted by Gasteiger charge is 2.14. The van der Waals surface area contributed by atoms with Crippen molar-refractivity contribution >= 4 is 5.69 Å². The van der Waals surface area contributed by atoms with Crippen LogP contribution >= 0.6 is 0 Å². The van der Waals surface area contributed by atoms with E-state index in [0.717, 1.165) is 57.0 Å². The molecule has 1 fully saturated rings. The topological polar surface area (TPSA) is 56.5 Å². The number of hydrogen-bond acceptors (Lipinski definition) is 4. The molecule has 2 rings (SSSR count). The second kappa shape index (κ2) is 8.90. The van der Waals surface area contributed by atoms with Crippen LogP contribution in [0.15, 0.2) is 18.2 Å². The van der Waals surface area contributed by atoms with Crippen LogP contribution in [0.1, 0.15) is 38.2 Å². The molecule has 3 N–H and O–H groups in total. The van der Waals surface area contributed by atoms with Crippen molar-refractivity contribution in [3.05, 3.63) is 23.8 Å². The number of rotatable bonds is 9. The van der Waals surface area contributed by atoms with Crippen molar-refractivity contribution in [2.75, 3.05) is 32.0 Å². The van der Waals surface area contributed by atoms with E-state index in [1.807, 2.05) is 12.1 Å². The molecule has 1 unspecified atom stereocenters. The minimum absolute atomic E-state index is 0.427. The van der Waals surface area contributed by atoms with Gasteiger partial charge in [-0.15, -0.1) is 0 Å². The second-order valence-electron chi connectivity index (χ2n) is 5.66. The average molecular weight is 292 g/mol. The Morgan fingerprint density at radius 2 is 2.33 bits per heavy atom. The Balaban J connectivity index is 1.64. The van der Waals surface area contributed by atoms with Gasteiger partial charge in [-0.2, -0.15) is 0 Å². The number of nitrogen functional groups attached to an aromatic ring is 1. The molecule has 1 aromatic rings. The van der Waals surface area contributed by atoms with Crippen molar-refractivity contribution < 1.29 is 9.47 Å². The molecule has 0 spiro atoms. The molecule has 118 valence electrons. The van der Waals surface area contributed by atoms with Crippen LogP contribution < -0.4 is 15.8 Å². The van der Waals surface area contributed by atoms with Crippen molar-refractivity contribution in [2.45, 2.75) is 45.1 Å². The number of anilines is 1. The zero-order valence-corrected chi connectivity index (χ0v) is 13.1. The molecule has 4 nitrogen and oxygen atoms in total. The number of benzene rings is 1. The predicted molar refractivity (Wildman–Crippen MR) is 86.8 cm³/mol. The first-order valence-corrected chi connectivity index (χ1v) is 8.13. The van der Waals surface area contributed by atoms with E-state index in [1.54, 1.807) is 0 Å². The van der Waals surface area contributed by atoms with E-state index in [0.29, 0.717) is 6.10 Å². The van der Waals surface area contributed by atoms with Crippen LogP contribution in [0.4, 0.5) is 5.69 Å². The Bertz CT molecular complexity index is 417. The summed E-state index contributed by atoms with van der Waals surface area (Å²) in [5, 5.41) is 3.47. The van der Waals surface area contributed by atoms with Crippen molar-refractivity contribution in [3.63, 3.8) is 0 Å². The summed E-state index contributed by atoms with van der Waals surface area (Å²) in [6.07, 6.45) is 5.98. The van der Waals surface area contributed by atoms with E-state index in [4.69, 9.17) is 15.2 Å². The maximum absolute atomic E-state index is 6.02. The molecular weight excluding hydrogens is 264 g/mol. The van der Waals surface area contributed by atoms with Crippen LogP contribution in [-0.4, -0.2) is 32.4 Å². The van der Waals surface area contributed by atoms with Crippen LogP contribution in [0.2, 0.25) is 0 Å². The third-order valence-corrected chi connectivity index (χ3v) is 3.75. The molecule has 1 heterocycles. The molecule has 1 aromatic carbocycles. The van der Waals surface area contributed by atoms with E-state index >= 15 is 0 Å². The first-order valence-electron chi connectivity index (χ1n) is 8.13. The summed E-state index contributed by atoms with van der Waals surface area (Å²) in [5.74, 6) is 0.803. The normalized spacial score (nSPS) is 18.0. The summed E-state index contributed by atoms with van der Waals surface area (Å²) in [5.41, 5.74) is 8.04. The Kier molecular flexibility index (Phi) is 6.83. The predicted octanol–water partition coefficient (Wildman–Crippen LogP) is 2.76. The van der Waals surface area contributed by atoms with Gasteiger partial charge in [-0.25, -0.2) is 0 Å². The average Bonchev–Trinajstić information content (AvgIpc) is 2.99. The Morgan fingerprint density at radius 3 is 3.05 bits per heavy atom. The lowest BCUT2D eigenvalue weighted by atomic mass is 10.1. The lowest BCUT2D eigenvalue weighted by Gasteiger charge is -2.11. The fraction of sp³-hybridized carbons (Fsp3) is 0.647. The van der Waals surface area contributed by atoms with E-state index in [-0.39, 0.29) is 0 Å². The van der Waals surface area contributed by atoms with Gasteiger partial charge < -0.3 is 20.5 Å². The van der Waals surface area contributed by atoms with Crippen molar-refractivity contribution in [3.8, 4) is 5.75 Å². The van der Waals surface area contributed by atoms with E-state index in [2.05, 4.69) is 18.3 Å². The number of nitrogens with one attached hydrogen (secondary N) is 1. The molecule has 21 heavy (non-hydrogen) atoms. The van der Waals surface area contributed by atoms with Gasteiger partial charge in [-0.05, 0) is 56.3 Å². The minimum atomic E-state index is 0.427. The molecule has 1 atom stereocenters. The van der Waals surface area contributed by atoms with Crippen LogP contribution in [0.5, 0.6) is 5.75 Å². The summed E-state index contributed by atoms with van der Waals surface area (Å²) >= 11 is 0. The first kappa shape index (κ1) is 16.1. The highest BCUT2D eigenvalue weighted by atomic mass is 16.5. The molecular formula is C17H28N2O2. The van der Waals surface area contributed by atoms with E-state index in [9.17, 15) is 0 Å². The Morgan fingerprint density at radius 1 is 1.43 bits per heavy atom. The minimum Gasteiger partial charge on any atom is -0.491 e. The lowest BCUT2D eigenvalue weighted by molar-refractivity contribution is 0.110. The van der Waals surface area contributed by atoms with Crippen molar-refractivity contribution in [2.24, 2.45) is 0 Å². The lowest BCUT2D eigenvalue weighted by Crippen LogP contribution is -2.27. The van der Waals surface area contributed by atoms with Crippen LogP contribution in [-0.2, 0) is 11.2 Å². The quantitative estimate of drug-likeness (QED) is 0.543. The smallest absolute Gasteiger partial charge is 0.142 e. The zero-order chi connectivity index (χ0) is 14.9. The standard InChI is InChI=1S/C17H28N2O2/c1-2-10-21-17-8-7-14(12-16(17)18)5-3-9-19-13-15-6-4-11-20-15/h7-8,12,15,19H,2-6,9-11,13,18H2,1H3. The van der Waals surface area contributed by atoms with Crippen LogP contribution in [0.3, 0.4) is 0 Å². The molecule has 0 aromatic heterocycles. The number of nitrogens with two attached hydrogens (primary N) is 1. The molecule has 0 saturated carbocycles. The summed E-state index contributed by atoms with van der Waals surface area (Å²) in [6, 6.07) is 6.13. The van der Waals surface area contributed by atoms with Gasteiger partial charge in [-0.1, -0.05) is 13.0 Å². The summed E-state index contributed by atoms with van der Waals surface area (Å²) < 4.78 is 11.2. The molecule has 0 bridgehead atoms. The Labute approximate surface area is 128 Å². The van der Waals surface area contributed by atoms with Gasteiger partial charge >= 0.3 is 0 Å². The molecule has 4 heteroatoms. The highest BCUT2D eigenvalue weighted by molar-refractivity contribution is 5.54. The number of hydrogen-bond donors (Lipinski definition) is 2. The third kappa shape index (κ3) is 5.56. The number of ether oxygens (including phenoxy) is 2. The fourth-order valence-corrected chi connectivity index (χ4v) is 2.58. The maximum Gasteiger partial charge on any atom is 0.142 e. The third-order valence-electron chi connectivity index (χ3n) is 3.75. The number of aryl methyl sites for hydroxylation is 1. The van der Waals surface area contributed by atoms with E-state index in [1.165, 1.54) is 18.4 Å². The van der Waals surface area contributed by atoms with Crippen molar-refractivity contribution in [1.82, 2.24) is 5.32 Å². The first-order chi connectivity index (χ1) is 10.3. The monoisotopic (exact) mass is 292 g/mol. The summed E-state index contributed by atoms with van der Waals surface area (Å²) in [4.78, 5) is 0. The summed E-state index contributed by atoms with van der Waals surface area (Å²) in [7, 11) is 0. The van der Waals surface area contributed by atoms with Gasteiger partial charge in [-0.3, -0.25) is 0 Å². The van der Waals surface area contributed by atoms with Gasteiger partial charge in [0.05, 0.1) is 18.4 Å². The Hall–Kier alpha value is -1.26. The van der Waals surface area contributed by atoms with Gasteiger partial charge in [0, 0.05) is 13.2 Å². The summed E-state index contributed by atoms with van der Waals surface area (Å²) in [6.45, 7) is 5.74. The van der Waals surface area contributed by atoms with Gasteiger partial charge in [0.15, 0.2) is 0 Å². The molecule has 1 aliphatic heterocycles.